The third kappa shape index (κ3) is 0.876. The van der Waals surface area contributed by atoms with Gasteiger partial charge in [-0.2, -0.15) is 0 Å². The van der Waals surface area contributed by atoms with Gasteiger partial charge in [0.05, 0.1) is 11.2 Å². The van der Waals surface area contributed by atoms with E-state index in [0.29, 0.717) is 12.2 Å². The molecular formula is C10H14O2. The van der Waals surface area contributed by atoms with E-state index >= 15 is 0 Å². The lowest BCUT2D eigenvalue weighted by molar-refractivity contribution is -0.161. The Balaban J connectivity index is 2.40. The average Bonchev–Trinajstić information content (AvgIpc) is 2.22. The summed E-state index contributed by atoms with van der Waals surface area (Å²) >= 11 is 0. The van der Waals surface area contributed by atoms with E-state index in [-0.39, 0.29) is 17.1 Å². The Hall–Kier alpha value is -0.630. The van der Waals surface area contributed by atoms with Gasteiger partial charge in [-0.15, -0.1) is 0 Å². The first-order chi connectivity index (χ1) is 5.45. The second kappa shape index (κ2) is 1.99. The molecule has 0 aromatic rings. The summed E-state index contributed by atoms with van der Waals surface area (Å²) in [5.74, 6) is 0.320. The molecule has 2 heteroatoms. The molecule has 66 valence electrons. The molecule has 3 atom stereocenters. The lowest BCUT2D eigenvalue weighted by Gasteiger charge is -2.39. The van der Waals surface area contributed by atoms with Crippen LogP contribution in [-0.4, -0.2) is 17.0 Å². The van der Waals surface area contributed by atoms with Crippen LogP contribution in [0.4, 0.5) is 0 Å². The molecular weight excluding hydrogens is 152 g/mol. The molecule has 2 nitrogen and oxygen atoms in total. The highest BCUT2D eigenvalue weighted by atomic mass is 16.5. The van der Waals surface area contributed by atoms with Crippen molar-refractivity contribution in [2.24, 2.45) is 5.92 Å². The molecule has 2 rings (SSSR count). The summed E-state index contributed by atoms with van der Waals surface area (Å²) in [5.41, 5.74) is -0.664. The molecule has 0 saturated carbocycles. The number of rotatable bonds is 0. The number of carbonyl (C=O) groups is 1. The molecule has 0 aliphatic carbocycles. The summed E-state index contributed by atoms with van der Waals surface area (Å²) in [7, 11) is 0. The van der Waals surface area contributed by atoms with Crippen molar-refractivity contribution in [1.29, 1.82) is 0 Å². The van der Waals surface area contributed by atoms with E-state index in [0.717, 1.165) is 0 Å². The minimum Gasteiger partial charge on any atom is -0.360 e. The molecule has 2 bridgehead atoms. The van der Waals surface area contributed by atoms with E-state index in [1.54, 1.807) is 0 Å². The van der Waals surface area contributed by atoms with Gasteiger partial charge in [0.2, 0.25) is 0 Å². The Kier molecular flexibility index (Phi) is 1.33. The van der Waals surface area contributed by atoms with Crippen molar-refractivity contribution in [3.05, 3.63) is 12.2 Å². The molecule has 2 aliphatic rings. The van der Waals surface area contributed by atoms with E-state index in [2.05, 4.69) is 0 Å². The van der Waals surface area contributed by atoms with Gasteiger partial charge in [-0.25, -0.2) is 0 Å². The molecule has 0 aromatic heterocycles. The van der Waals surface area contributed by atoms with Gasteiger partial charge in [0.25, 0.3) is 0 Å². The Morgan fingerprint density at radius 1 is 1.50 bits per heavy atom. The van der Waals surface area contributed by atoms with Crippen molar-refractivity contribution in [3.8, 4) is 0 Å². The lowest BCUT2D eigenvalue weighted by atomic mass is 9.83. The molecule has 1 saturated heterocycles. The van der Waals surface area contributed by atoms with Crippen LogP contribution in [0.25, 0.3) is 0 Å². The van der Waals surface area contributed by atoms with Crippen molar-refractivity contribution in [1.82, 2.24) is 0 Å². The van der Waals surface area contributed by atoms with Crippen molar-refractivity contribution in [2.75, 3.05) is 0 Å². The molecule has 2 heterocycles. The standard InChI is InChI=1S/C10H14O2/c1-7-8(11)6-9(2)4-5-10(7,3)12-9/h4-5,7H,6H2,1-3H3/t7-,9-,10+/m1/s1. The first kappa shape index (κ1) is 7.99. The number of carbonyl (C=O) groups excluding carboxylic acids is 1. The predicted octanol–water partition coefficient (Wildman–Crippen LogP) is 1.70. The van der Waals surface area contributed by atoms with Crippen LogP contribution in [0, 0.1) is 5.92 Å². The monoisotopic (exact) mass is 166 g/mol. The smallest absolute Gasteiger partial charge is 0.142 e. The van der Waals surface area contributed by atoms with Crippen molar-refractivity contribution < 1.29 is 9.53 Å². The van der Waals surface area contributed by atoms with E-state index in [4.69, 9.17) is 4.74 Å². The maximum absolute atomic E-state index is 11.5. The molecule has 0 unspecified atom stereocenters. The SMILES string of the molecule is C[C@@H]1C(=O)C[C@@]2(C)C=C[C@]1(C)O2. The lowest BCUT2D eigenvalue weighted by Crippen LogP contribution is -2.48. The van der Waals surface area contributed by atoms with Gasteiger partial charge in [-0.3, -0.25) is 4.79 Å². The molecule has 0 aromatic carbocycles. The fraction of sp³-hybridized carbons (Fsp3) is 0.700. The zero-order chi connectivity index (χ0) is 8.98. The van der Waals surface area contributed by atoms with Gasteiger partial charge in [0.15, 0.2) is 0 Å². The quantitative estimate of drug-likeness (QED) is 0.512. The van der Waals surface area contributed by atoms with Crippen molar-refractivity contribution in [2.45, 2.75) is 38.4 Å². The molecule has 0 N–H and O–H groups in total. The normalized spacial score (nSPS) is 51.6. The predicted molar refractivity (Wildman–Crippen MR) is 45.8 cm³/mol. The molecule has 1 fully saturated rings. The summed E-state index contributed by atoms with van der Waals surface area (Å²) < 4.78 is 5.82. The Labute approximate surface area is 72.6 Å². The van der Waals surface area contributed by atoms with Crippen LogP contribution in [0.3, 0.4) is 0 Å². The molecule has 0 spiro atoms. The maximum atomic E-state index is 11.5. The maximum Gasteiger partial charge on any atom is 0.142 e. The number of ether oxygens (including phenoxy) is 1. The zero-order valence-corrected chi connectivity index (χ0v) is 7.76. The third-order valence-electron chi connectivity index (χ3n) is 3.09. The van der Waals surface area contributed by atoms with Crippen molar-refractivity contribution in [3.63, 3.8) is 0 Å². The van der Waals surface area contributed by atoms with Crippen LogP contribution in [0.5, 0.6) is 0 Å². The summed E-state index contributed by atoms with van der Waals surface area (Å²) in [4.78, 5) is 11.5. The van der Waals surface area contributed by atoms with Gasteiger partial charge in [0, 0.05) is 12.3 Å². The summed E-state index contributed by atoms with van der Waals surface area (Å²) in [5, 5.41) is 0. The van der Waals surface area contributed by atoms with Gasteiger partial charge >= 0.3 is 0 Å². The van der Waals surface area contributed by atoms with Gasteiger partial charge in [-0.05, 0) is 13.8 Å². The van der Waals surface area contributed by atoms with Crippen molar-refractivity contribution >= 4 is 5.78 Å². The minimum atomic E-state index is -0.343. The fourth-order valence-corrected chi connectivity index (χ4v) is 2.06. The summed E-state index contributed by atoms with van der Waals surface area (Å²) in [6.07, 6.45) is 4.58. The molecule has 2 aliphatic heterocycles. The second-order valence-corrected chi connectivity index (χ2v) is 4.30. The van der Waals surface area contributed by atoms with Crippen LogP contribution in [-0.2, 0) is 9.53 Å². The van der Waals surface area contributed by atoms with Gasteiger partial charge in [0.1, 0.15) is 5.78 Å². The summed E-state index contributed by atoms with van der Waals surface area (Å²) in [6, 6.07) is 0. The zero-order valence-electron chi connectivity index (χ0n) is 7.76. The topological polar surface area (TPSA) is 26.3 Å². The highest BCUT2D eigenvalue weighted by molar-refractivity contribution is 5.85. The van der Waals surface area contributed by atoms with Crippen LogP contribution in [0.1, 0.15) is 27.2 Å². The number of ketones is 1. The van der Waals surface area contributed by atoms with Crippen LogP contribution < -0.4 is 0 Å². The Morgan fingerprint density at radius 2 is 2.17 bits per heavy atom. The molecule has 12 heavy (non-hydrogen) atoms. The number of Topliss-reactive ketones (excluding diaryl/α,β-unsaturated/α-hetero) is 1. The minimum absolute atomic E-state index is 0.00400. The second-order valence-electron chi connectivity index (χ2n) is 4.30. The molecule has 0 amide bonds. The van der Waals surface area contributed by atoms with E-state index in [9.17, 15) is 4.79 Å². The van der Waals surface area contributed by atoms with E-state index in [1.165, 1.54) is 0 Å². The van der Waals surface area contributed by atoms with E-state index in [1.807, 2.05) is 32.9 Å². The largest absolute Gasteiger partial charge is 0.360 e. The Bertz CT molecular complexity index is 269. The Morgan fingerprint density at radius 3 is 2.83 bits per heavy atom. The first-order valence-corrected chi connectivity index (χ1v) is 4.38. The number of hydrogen-bond donors (Lipinski definition) is 0. The summed E-state index contributed by atoms with van der Waals surface area (Å²) in [6.45, 7) is 5.90. The van der Waals surface area contributed by atoms with Gasteiger partial charge in [-0.1, -0.05) is 19.1 Å². The third-order valence-corrected chi connectivity index (χ3v) is 3.09. The van der Waals surface area contributed by atoms with Crippen LogP contribution in [0.15, 0.2) is 12.2 Å². The number of fused-ring (bicyclic) bond motifs is 2. The average molecular weight is 166 g/mol. The highest BCUT2D eigenvalue weighted by Crippen LogP contribution is 2.43. The van der Waals surface area contributed by atoms with Gasteiger partial charge < -0.3 is 4.74 Å². The first-order valence-electron chi connectivity index (χ1n) is 4.38. The van der Waals surface area contributed by atoms with E-state index < -0.39 is 0 Å². The van der Waals surface area contributed by atoms with Crippen LogP contribution >= 0.6 is 0 Å². The fourth-order valence-electron chi connectivity index (χ4n) is 2.06. The highest BCUT2D eigenvalue weighted by Gasteiger charge is 2.50. The van der Waals surface area contributed by atoms with Crippen LogP contribution in [0.2, 0.25) is 0 Å². The number of hydrogen-bond acceptors (Lipinski definition) is 2. The molecule has 0 radical (unpaired) electrons.